The van der Waals surface area contributed by atoms with Crippen LogP contribution in [0.3, 0.4) is 0 Å². The van der Waals surface area contributed by atoms with Crippen LogP contribution in [-0.2, 0) is 22.3 Å². The van der Waals surface area contributed by atoms with E-state index in [4.69, 9.17) is 0 Å². The van der Waals surface area contributed by atoms with Gasteiger partial charge in [0.25, 0.3) is 0 Å². The monoisotopic (exact) mass is 308 g/mol. The summed E-state index contributed by atoms with van der Waals surface area (Å²) in [5, 5.41) is 0. The molecule has 0 aromatic heterocycles. The van der Waals surface area contributed by atoms with Gasteiger partial charge in [-0.25, -0.2) is 0 Å². The molecule has 0 aliphatic carbocycles. The summed E-state index contributed by atoms with van der Waals surface area (Å²) in [5.41, 5.74) is 2.31. The predicted molar refractivity (Wildman–Crippen MR) is 87.8 cm³/mol. The summed E-state index contributed by atoms with van der Waals surface area (Å²) in [6, 6.07) is 18.2. The highest BCUT2D eigenvalue weighted by atomic mass is 33.1. The summed E-state index contributed by atoms with van der Waals surface area (Å²) < 4.78 is 12.2. The van der Waals surface area contributed by atoms with Crippen LogP contribution in [0.1, 0.15) is 11.1 Å². The smallest absolute Gasteiger partial charge is 0.0500 e. The lowest BCUT2D eigenvalue weighted by molar-refractivity contribution is 0.682. The topological polar surface area (TPSA) is 17.1 Å². The van der Waals surface area contributed by atoms with Crippen molar-refractivity contribution in [3.63, 3.8) is 0 Å². The fourth-order valence-corrected chi connectivity index (χ4v) is 4.72. The van der Waals surface area contributed by atoms with Gasteiger partial charge in [-0.05, 0) is 23.4 Å². The van der Waals surface area contributed by atoms with Crippen LogP contribution in [0.2, 0.25) is 0 Å². The van der Waals surface area contributed by atoms with Gasteiger partial charge in [-0.2, -0.15) is 0 Å². The molecule has 2 aromatic rings. The number of benzene rings is 2. The molecule has 0 N–H and O–H groups in total. The van der Waals surface area contributed by atoms with Gasteiger partial charge < -0.3 is 0 Å². The summed E-state index contributed by atoms with van der Waals surface area (Å²) in [7, 11) is 2.59. The van der Waals surface area contributed by atoms with E-state index in [2.05, 4.69) is 18.4 Å². The van der Waals surface area contributed by atoms with E-state index in [0.717, 1.165) is 5.56 Å². The average Bonchev–Trinajstić information content (AvgIpc) is 2.42. The second kappa shape index (κ2) is 7.78. The van der Waals surface area contributed by atoms with E-state index < -0.39 is 10.8 Å². The molecule has 1 unspecified atom stereocenters. The van der Waals surface area contributed by atoms with Crippen molar-refractivity contribution in [3.05, 3.63) is 65.7 Å². The third-order valence-corrected chi connectivity index (χ3v) is 5.70. The van der Waals surface area contributed by atoms with Crippen LogP contribution in [-0.4, -0.2) is 10.5 Å². The van der Waals surface area contributed by atoms with Crippen molar-refractivity contribution < 1.29 is 4.21 Å². The Morgan fingerprint density at radius 2 is 1.63 bits per heavy atom. The van der Waals surface area contributed by atoms with Crippen LogP contribution >= 0.6 is 21.6 Å². The number of hydrogen-bond acceptors (Lipinski definition) is 3. The predicted octanol–water partition coefficient (Wildman–Crippen LogP) is 4.51. The Labute approximate surface area is 125 Å². The highest BCUT2D eigenvalue weighted by molar-refractivity contribution is 8.76. The van der Waals surface area contributed by atoms with Crippen molar-refractivity contribution >= 4 is 32.4 Å². The van der Waals surface area contributed by atoms with Gasteiger partial charge in [0.2, 0.25) is 0 Å². The summed E-state index contributed by atoms with van der Waals surface area (Å²) >= 11 is 0. The van der Waals surface area contributed by atoms with Gasteiger partial charge in [-0.1, -0.05) is 70.1 Å². The van der Waals surface area contributed by atoms with Crippen molar-refractivity contribution in [2.24, 2.45) is 0 Å². The minimum Gasteiger partial charge on any atom is -0.259 e. The lowest BCUT2D eigenvalue weighted by Gasteiger charge is -2.07. The lowest BCUT2D eigenvalue weighted by Crippen LogP contribution is -2.00. The highest BCUT2D eigenvalue weighted by Gasteiger charge is 2.07. The first-order chi connectivity index (χ1) is 9.29. The molecule has 0 heterocycles. The molecule has 1 nitrogen and oxygen atoms in total. The summed E-state index contributed by atoms with van der Waals surface area (Å²) in [6.45, 7) is 0. The largest absolute Gasteiger partial charge is 0.259 e. The Hall–Kier alpha value is -0.710. The zero-order valence-corrected chi connectivity index (χ0v) is 13.2. The maximum atomic E-state index is 12.2. The van der Waals surface area contributed by atoms with Gasteiger partial charge in [0.1, 0.15) is 0 Å². The standard InChI is InChI=1S/C15H16OS3/c1-17-18-15-10-6-5-9-14(15)12-19(16)11-13-7-3-2-4-8-13/h2-10H,11-12H2,1H3. The molecule has 0 spiro atoms. The molecular weight excluding hydrogens is 292 g/mol. The molecule has 1 atom stereocenters. The Morgan fingerprint density at radius 1 is 0.947 bits per heavy atom. The van der Waals surface area contributed by atoms with Crippen molar-refractivity contribution in [1.82, 2.24) is 0 Å². The molecule has 0 aliphatic rings. The highest BCUT2D eigenvalue weighted by Crippen LogP contribution is 2.32. The summed E-state index contributed by atoms with van der Waals surface area (Å²) in [4.78, 5) is 1.22. The second-order valence-electron chi connectivity index (χ2n) is 4.07. The summed E-state index contributed by atoms with van der Waals surface area (Å²) in [5.74, 6) is 1.25. The van der Waals surface area contributed by atoms with Gasteiger partial charge in [0.15, 0.2) is 0 Å². The molecule has 2 rings (SSSR count). The maximum Gasteiger partial charge on any atom is 0.0500 e. The number of rotatable bonds is 6. The Balaban J connectivity index is 2.03. The van der Waals surface area contributed by atoms with Crippen molar-refractivity contribution in [2.75, 3.05) is 6.26 Å². The molecule has 0 saturated heterocycles. The Bertz CT molecular complexity index is 540. The van der Waals surface area contributed by atoms with Crippen molar-refractivity contribution in [3.8, 4) is 0 Å². The molecular formula is C15H16OS3. The lowest BCUT2D eigenvalue weighted by atomic mass is 10.2. The molecule has 0 bridgehead atoms. The first-order valence-corrected chi connectivity index (χ1v) is 10.0. The third kappa shape index (κ3) is 4.71. The minimum absolute atomic E-state index is 0.624. The minimum atomic E-state index is -0.858. The Morgan fingerprint density at radius 3 is 2.37 bits per heavy atom. The van der Waals surface area contributed by atoms with E-state index in [1.54, 1.807) is 21.6 Å². The van der Waals surface area contributed by atoms with E-state index in [9.17, 15) is 4.21 Å². The van der Waals surface area contributed by atoms with E-state index in [1.165, 1.54) is 10.5 Å². The van der Waals surface area contributed by atoms with Crippen LogP contribution in [0.15, 0.2) is 59.5 Å². The Kier molecular flexibility index (Phi) is 6.01. The van der Waals surface area contributed by atoms with Gasteiger partial charge in [-0.15, -0.1) is 0 Å². The molecule has 4 heteroatoms. The summed E-state index contributed by atoms with van der Waals surface area (Å²) in [6.07, 6.45) is 2.06. The fourth-order valence-electron chi connectivity index (χ4n) is 1.78. The molecule has 2 aromatic carbocycles. The van der Waals surface area contributed by atoms with E-state index in [-0.39, 0.29) is 0 Å². The molecule has 19 heavy (non-hydrogen) atoms. The van der Waals surface area contributed by atoms with Crippen molar-refractivity contribution in [1.29, 1.82) is 0 Å². The van der Waals surface area contributed by atoms with Gasteiger partial charge in [-0.3, -0.25) is 4.21 Å². The first-order valence-electron chi connectivity index (χ1n) is 5.97. The fraction of sp³-hybridized carbons (Fsp3) is 0.200. The second-order valence-corrected chi connectivity index (χ2v) is 7.97. The first kappa shape index (κ1) is 14.7. The maximum absolute atomic E-state index is 12.2. The molecule has 100 valence electrons. The molecule has 0 aliphatic heterocycles. The SMILES string of the molecule is CSSc1ccccc1CS(=O)Cc1ccccc1. The van der Waals surface area contributed by atoms with Crippen LogP contribution in [0.5, 0.6) is 0 Å². The van der Waals surface area contributed by atoms with Gasteiger partial charge in [0.05, 0.1) is 0 Å². The normalized spacial score (nSPS) is 12.3. The number of hydrogen-bond donors (Lipinski definition) is 0. The average molecular weight is 308 g/mol. The molecule has 0 radical (unpaired) electrons. The molecule has 0 saturated carbocycles. The quantitative estimate of drug-likeness (QED) is 0.731. The van der Waals surface area contributed by atoms with E-state index >= 15 is 0 Å². The van der Waals surface area contributed by atoms with Crippen molar-refractivity contribution in [2.45, 2.75) is 16.4 Å². The van der Waals surface area contributed by atoms with Crippen LogP contribution < -0.4 is 0 Å². The van der Waals surface area contributed by atoms with Gasteiger partial charge >= 0.3 is 0 Å². The van der Waals surface area contributed by atoms with Crippen LogP contribution in [0.25, 0.3) is 0 Å². The third-order valence-electron chi connectivity index (χ3n) is 2.63. The molecule has 0 fully saturated rings. The van der Waals surface area contributed by atoms with Gasteiger partial charge in [0, 0.05) is 27.2 Å². The molecule has 0 amide bonds. The zero-order chi connectivity index (χ0) is 13.5. The van der Waals surface area contributed by atoms with E-state index in [1.807, 2.05) is 42.5 Å². The van der Waals surface area contributed by atoms with Crippen LogP contribution in [0.4, 0.5) is 0 Å². The van der Waals surface area contributed by atoms with E-state index in [0.29, 0.717) is 11.5 Å². The van der Waals surface area contributed by atoms with Crippen LogP contribution in [0, 0.1) is 0 Å². The zero-order valence-electron chi connectivity index (χ0n) is 10.7.